The number of alkyl halides is 1. The number of rotatable bonds is 1. The molecule has 1 saturated carbocycles. The van der Waals surface area contributed by atoms with Gasteiger partial charge in [-0.2, -0.15) is 0 Å². The molecule has 0 aromatic heterocycles. The first-order chi connectivity index (χ1) is 3.70. The molecule has 0 atom stereocenters. The van der Waals surface area contributed by atoms with Crippen LogP contribution in [-0.4, -0.2) is 17.2 Å². The molecule has 0 amide bonds. The monoisotopic (exact) mass is 117 g/mol. The van der Waals surface area contributed by atoms with Crippen LogP contribution in [0.4, 0.5) is 4.39 Å². The summed E-state index contributed by atoms with van der Waals surface area (Å²) in [6, 6.07) is 0. The Labute approximate surface area is 46.3 Å². The lowest BCUT2D eigenvalue weighted by Gasteiger charge is -2.24. The summed E-state index contributed by atoms with van der Waals surface area (Å²) in [5, 5.41) is 8.18. The third-order valence-corrected chi connectivity index (χ3v) is 1.43. The molecule has 1 rings (SSSR count). The SMILES string of the molecule is O=C(O)C1CC([18F])C1. The minimum Gasteiger partial charge on any atom is -0.481 e. The van der Waals surface area contributed by atoms with Gasteiger partial charge < -0.3 is 5.11 Å². The van der Waals surface area contributed by atoms with Crippen LogP contribution in [0.2, 0.25) is 0 Å². The van der Waals surface area contributed by atoms with E-state index in [0.29, 0.717) is 0 Å². The Morgan fingerprint density at radius 1 is 1.62 bits per heavy atom. The van der Waals surface area contributed by atoms with Crippen LogP contribution in [0.15, 0.2) is 0 Å². The molecule has 2 nitrogen and oxygen atoms in total. The molecule has 0 saturated heterocycles. The molecule has 0 heterocycles. The first kappa shape index (κ1) is 5.54. The zero-order valence-electron chi connectivity index (χ0n) is 4.30. The number of halogens is 1. The third-order valence-electron chi connectivity index (χ3n) is 1.43. The van der Waals surface area contributed by atoms with Crippen LogP contribution >= 0.6 is 0 Å². The van der Waals surface area contributed by atoms with Crippen molar-refractivity contribution in [3.8, 4) is 0 Å². The Bertz CT molecular complexity index is 107. The second kappa shape index (κ2) is 1.73. The summed E-state index contributed by atoms with van der Waals surface area (Å²) in [4.78, 5) is 9.96. The van der Waals surface area contributed by atoms with Crippen molar-refractivity contribution < 1.29 is 14.3 Å². The summed E-state index contributed by atoms with van der Waals surface area (Å²) in [5.41, 5.74) is 0. The van der Waals surface area contributed by atoms with Crippen molar-refractivity contribution in [3.05, 3.63) is 0 Å². The zero-order chi connectivity index (χ0) is 6.15. The van der Waals surface area contributed by atoms with E-state index in [-0.39, 0.29) is 12.8 Å². The second-order valence-electron chi connectivity index (χ2n) is 2.10. The molecular formula is C5H7FO2. The lowest BCUT2D eigenvalue weighted by atomic mass is 9.83. The molecule has 8 heavy (non-hydrogen) atoms. The first-order valence-electron chi connectivity index (χ1n) is 2.57. The molecule has 0 aromatic rings. The van der Waals surface area contributed by atoms with Crippen molar-refractivity contribution in [1.29, 1.82) is 0 Å². The van der Waals surface area contributed by atoms with Crippen LogP contribution in [0.3, 0.4) is 0 Å². The lowest BCUT2D eigenvalue weighted by Crippen LogP contribution is -2.31. The van der Waals surface area contributed by atoms with Gasteiger partial charge in [0.15, 0.2) is 0 Å². The van der Waals surface area contributed by atoms with Crippen molar-refractivity contribution in [2.75, 3.05) is 0 Å². The van der Waals surface area contributed by atoms with Gasteiger partial charge in [-0.1, -0.05) is 0 Å². The van der Waals surface area contributed by atoms with Crippen LogP contribution in [0, 0.1) is 5.92 Å². The van der Waals surface area contributed by atoms with Crippen molar-refractivity contribution in [3.63, 3.8) is 0 Å². The van der Waals surface area contributed by atoms with Crippen LogP contribution in [-0.2, 0) is 4.79 Å². The Hall–Kier alpha value is -0.600. The molecule has 1 N–H and O–H groups in total. The van der Waals surface area contributed by atoms with E-state index in [9.17, 15) is 9.18 Å². The molecule has 1 aliphatic rings. The minimum absolute atomic E-state index is 0.218. The quantitative estimate of drug-likeness (QED) is 0.552. The minimum atomic E-state index is -0.862. The fraction of sp³-hybridized carbons (Fsp3) is 0.800. The van der Waals surface area contributed by atoms with Crippen LogP contribution in [0.1, 0.15) is 12.8 Å². The van der Waals surface area contributed by atoms with E-state index in [4.69, 9.17) is 5.11 Å². The third kappa shape index (κ3) is 0.804. The molecule has 1 aliphatic carbocycles. The highest BCUT2D eigenvalue weighted by atomic mass is 18.2. The van der Waals surface area contributed by atoms with Gasteiger partial charge in [0.05, 0.1) is 5.92 Å². The van der Waals surface area contributed by atoms with Crippen molar-refractivity contribution in [2.45, 2.75) is 19.0 Å². The van der Waals surface area contributed by atoms with E-state index >= 15 is 0 Å². The number of hydrogen-bond donors (Lipinski definition) is 1. The maximum atomic E-state index is 11.9. The van der Waals surface area contributed by atoms with E-state index in [1.807, 2.05) is 0 Å². The summed E-state index contributed by atoms with van der Waals surface area (Å²) in [5.74, 6) is -1.26. The van der Waals surface area contributed by atoms with Gasteiger partial charge in [-0.25, -0.2) is 4.39 Å². The van der Waals surface area contributed by atoms with Gasteiger partial charge in [0.25, 0.3) is 0 Å². The van der Waals surface area contributed by atoms with Crippen LogP contribution < -0.4 is 0 Å². The highest BCUT2D eigenvalue weighted by molar-refractivity contribution is 5.71. The fourth-order valence-corrected chi connectivity index (χ4v) is 0.750. The zero-order valence-corrected chi connectivity index (χ0v) is 4.30. The van der Waals surface area contributed by atoms with E-state index < -0.39 is 18.1 Å². The van der Waals surface area contributed by atoms with Gasteiger partial charge in [0.1, 0.15) is 6.17 Å². The molecule has 3 heteroatoms. The van der Waals surface area contributed by atoms with Crippen LogP contribution in [0.25, 0.3) is 0 Å². The van der Waals surface area contributed by atoms with Gasteiger partial charge in [-0.15, -0.1) is 0 Å². The number of carboxylic acids is 1. The predicted octanol–water partition coefficient (Wildman–Crippen LogP) is 0.819. The van der Waals surface area contributed by atoms with E-state index in [0.717, 1.165) is 0 Å². The molecule has 1 fully saturated rings. The van der Waals surface area contributed by atoms with Crippen LogP contribution in [0.5, 0.6) is 0 Å². The van der Waals surface area contributed by atoms with Crippen molar-refractivity contribution in [1.82, 2.24) is 0 Å². The molecule has 0 spiro atoms. The number of carboxylic acid groups (broad SMARTS) is 1. The highest BCUT2D eigenvalue weighted by Crippen LogP contribution is 2.29. The molecule has 46 valence electrons. The van der Waals surface area contributed by atoms with Gasteiger partial charge in [0.2, 0.25) is 0 Å². The second-order valence-corrected chi connectivity index (χ2v) is 2.10. The Morgan fingerprint density at radius 3 is 2.25 bits per heavy atom. The van der Waals surface area contributed by atoms with Crippen molar-refractivity contribution in [2.24, 2.45) is 5.92 Å². The summed E-state index contributed by atoms with van der Waals surface area (Å²) >= 11 is 0. The topological polar surface area (TPSA) is 37.3 Å². The molecule has 0 aliphatic heterocycles. The maximum Gasteiger partial charge on any atom is 0.306 e. The number of carbonyl (C=O) groups is 1. The molecule has 0 aromatic carbocycles. The standard InChI is InChI=1S/C5H7FO2/c6-4-1-3(2-4)5(7)8/h3-4H,1-2H2,(H,7,8)/i6-1. The Kier molecular flexibility index (Phi) is 1.19. The Morgan fingerprint density at radius 2 is 2.12 bits per heavy atom. The van der Waals surface area contributed by atoms with Crippen molar-refractivity contribution >= 4 is 5.97 Å². The Balaban J connectivity index is 2.25. The molecule has 0 bridgehead atoms. The number of aliphatic carboxylic acids is 1. The number of hydrogen-bond acceptors (Lipinski definition) is 1. The van der Waals surface area contributed by atoms with Gasteiger partial charge >= 0.3 is 5.97 Å². The average molecular weight is 117 g/mol. The molecular weight excluding hydrogens is 110 g/mol. The molecule has 0 radical (unpaired) electrons. The molecule has 0 unspecified atom stereocenters. The van der Waals surface area contributed by atoms with E-state index in [2.05, 4.69) is 0 Å². The first-order valence-corrected chi connectivity index (χ1v) is 2.57. The maximum absolute atomic E-state index is 11.9. The van der Waals surface area contributed by atoms with Gasteiger partial charge in [-0.3, -0.25) is 4.79 Å². The normalized spacial score (nSPS) is 36.1. The fourth-order valence-electron chi connectivity index (χ4n) is 0.750. The summed E-state index contributed by atoms with van der Waals surface area (Å²) < 4.78 is 11.9. The smallest absolute Gasteiger partial charge is 0.306 e. The predicted molar refractivity (Wildman–Crippen MR) is 25.3 cm³/mol. The van der Waals surface area contributed by atoms with Gasteiger partial charge in [0, 0.05) is 0 Å². The largest absolute Gasteiger partial charge is 0.481 e. The average Bonchev–Trinajstić information content (AvgIpc) is 1.57. The van der Waals surface area contributed by atoms with E-state index in [1.54, 1.807) is 0 Å². The summed E-state index contributed by atoms with van der Waals surface area (Å²) in [7, 11) is 0. The summed E-state index contributed by atoms with van der Waals surface area (Å²) in [6.45, 7) is 0. The summed E-state index contributed by atoms with van der Waals surface area (Å²) in [6.07, 6.45) is -0.416. The van der Waals surface area contributed by atoms with E-state index in [1.165, 1.54) is 0 Å². The van der Waals surface area contributed by atoms with Gasteiger partial charge in [-0.05, 0) is 12.8 Å². The lowest BCUT2D eigenvalue weighted by molar-refractivity contribution is -0.146. The highest BCUT2D eigenvalue weighted by Gasteiger charge is 2.34.